The van der Waals surface area contributed by atoms with E-state index in [0.29, 0.717) is 11.4 Å². The molecule has 0 amide bonds. The fourth-order valence-electron chi connectivity index (χ4n) is 2.37. The molecular weight excluding hydrogens is 292 g/mol. The topological polar surface area (TPSA) is 75.8 Å². The Morgan fingerprint density at radius 3 is 2.76 bits per heavy atom. The molecule has 1 aliphatic heterocycles. The fraction of sp³-hybridized carbons (Fsp3) is 0.533. The molecule has 0 radical (unpaired) electrons. The van der Waals surface area contributed by atoms with Crippen LogP contribution in [0, 0.1) is 0 Å². The Balaban J connectivity index is 1.97. The van der Waals surface area contributed by atoms with Gasteiger partial charge in [-0.15, -0.1) is 0 Å². The van der Waals surface area contributed by atoms with Gasteiger partial charge in [0.05, 0.1) is 13.2 Å². The average molecular weight is 313 g/mol. The number of nitrogens with two attached hydrogens (primary N) is 1. The Morgan fingerprint density at radius 2 is 2.14 bits per heavy atom. The zero-order valence-electron chi connectivity index (χ0n) is 11.9. The first-order valence-corrected chi connectivity index (χ1v) is 7.50. The summed E-state index contributed by atoms with van der Waals surface area (Å²) in [6.07, 6.45) is 0.475. The summed E-state index contributed by atoms with van der Waals surface area (Å²) in [5.41, 5.74) is 7.94. The van der Waals surface area contributed by atoms with Crippen LogP contribution in [-0.2, 0) is 16.1 Å². The fourth-order valence-corrected chi connectivity index (χ4v) is 2.62. The van der Waals surface area contributed by atoms with Gasteiger partial charge in [0.25, 0.3) is 0 Å². The van der Waals surface area contributed by atoms with E-state index in [2.05, 4.69) is 4.90 Å². The molecule has 2 rings (SSSR count). The number of rotatable bonds is 6. The molecule has 1 fully saturated rings. The number of carboxylic acids is 1. The van der Waals surface area contributed by atoms with Gasteiger partial charge >= 0.3 is 5.97 Å². The van der Waals surface area contributed by atoms with E-state index in [4.69, 9.17) is 27.2 Å². The Kier molecular flexibility index (Phi) is 5.99. The van der Waals surface area contributed by atoms with Crippen LogP contribution in [0.15, 0.2) is 18.2 Å². The summed E-state index contributed by atoms with van der Waals surface area (Å²) < 4.78 is 5.33. The van der Waals surface area contributed by atoms with Gasteiger partial charge in [0.2, 0.25) is 0 Å². The largest absolute Gasteiger partial charge is 0.481 e. The van der Waals surface area contributed by atoms with E-state index in [1.165, 1.54) is 0 Å². The second kappa shape index (κ2) is 7.75. The first kappa shape index (κ1) is 16.2. The van der Waals surface area contributed by atoms with Gasteiger partial charge in [0.1, 0.15) is 0 Å². The Labute approximate surface area is 129 Å². The Morgan fingerprint density at radius 1 is 1.43 bits per heavy atom. The molecule has 0 aliphatic carbocycles. The molecule has 21 heavy (non-hydrogen) atoms. The normalized spacial score (nSPS) is 17.6. The number of carbonyl (C=O) groups is 1. The van der Waals surface area contributed by atoms with Crippen molar-refractivity contribution in [3.05, 3.63) is 34.3 Å². The molecule has 1 unspecified atom stereocenters. The standard InChI is InChI=1S/C15H21ClN2O3/c16-13-9-11(14(17)3-4-15(19)20)1-2-12(13)10-18-5-7-21-8-6-18/h1-2,9,14H,3-8,10,17H2,(H,19,20). The summed E-state index contributed by atoms with van der Waals surface area (Å²) in [7, 11) is 0. The van der Waals surface area contributed by atoms with Crippen LogP contribution in [0.3, 0.4) is 0 Å². The quantitative estimate of drug-likeness (QED) is 0.840. The molecule has 0 aromatic heterocycles. The van der Waals surface area contributed by atoms with Crippen LogP contribution in [-0.4, -0.2) is 42.3 Å². The molecule has 3 N–H and O–H groups in total. The molecule has 1 aromatic carbocycles. The molecule has 6 heteroatoms. The van der Waals surface area contributed by atoms with Crippen molar-refractivity contribution >= 4 is 17.6 Å². The average Bonchev–Trinajstić information content (AvgIpc) is 2.48. The van der Waals surface area contributed by atoms with Crippen LogP contribution in [0.2, 0.25) is 5.02 Å². The lowest BCUT2D eigenvalue weighted by molar-refractivity contribution is -0.137. The Hall–Kier alpha value is -1.14. The summed E-state index contributed by atoms with van der Waals surface area (Å²) in [6.45, 7) is 4.14. The first-order chi connectivity index (χ1) is 10.1. The van der Waals surface area contributed by atoms with Gasteiger partial charge in [-0.05, 0) is 23.6 Å². The summed E-state index contributed by atoms with van der Waals surface area (Å²) in [5.74, 6) is -0.833. The van der Waals surface area contributed by atoms with Crippen molar-refractivity contribution in [2.75, 3.05) is 26.3 Å². The highest BCUT2D eigenvalue weighted by Gasteiger charge is 2.14. The molecule has 1 atom stereocenters. The van der Waals surface area contributed by atoms with Crippen LogP contribution in [0.4, 0.5) is 0 Å². The molecule has 1 aliphatic rings. The monoisotopic (exact) mass is 312 g/mol. The van der Waals surface area contributed by atoms with Gasteiger partial charge < -0.3 is 15.6 Å². The maximum absolute atomic E-state index is 10.6. The third kappa shape index (κ3) is 4.97. The minimum absolute atomic E-state index is 0.0638. The molecule has 0 spiro atoms. The predicted octanol–water partition coefficient (Wildman–Crippen LogP) is 2.04. The van der Waals surface area contributed by atoms with Gasteiger partial charge in [0, 0.05) is 37.1 Å². The van der Waals surface area contributed by atoms with E-state index in [-0.39, 0.29) is 12.5 Å². The van der Waals surface area contributed by atoms with Crippen LogP contribution in [0.1, 0.15) is 30.0 Å². The molecular formula is C15H21ClN2O3. The van der Waals surface area contributed by atoms with Crippen molar-refractivity contribution < 1.29 is 14.6 Å². The second-order valence-electron chi connectivity index (χ2n) is 5.28. The molecule has 0 bridgehead atoms. The van der Waals surface area contributed by atoms with Crippen molar-refractivity contribution in [1.29, 1.82) is 0 Å². The Bertz CT molecular complexity index is 490. The zero-order valence-corrected chi connectivity index (χ0v) is 12.7. The van der Waals surface area contributed by atoms with E-state index in [1.54, 1.807) is 0 Å². The highest BCUT2D eigenvalue weighted by molar-refractivity contribution is 6.31. The van der Waals surface area contributed by atoms with Gasteiger partial charge in [-0.3, -0.25) is 9.69 Å². The smallest absolute Gasteiger partial charge is 0.303 e. The van der Waals surface area contributed by atoms with Crippen LogP contribution in [0.5, 0.6) is 0 Å². The highest BCUT2D eigenvalue weighted by atomic mass is 35.5. The SMILES string of the molecule is NC(CCC(=O)O)c1ccc(CN2CCOCC2)c(Cl)c1. The minimum atomic E-state index is -0.833. The second-order valence-corrected chi connectivity index (χ2v) is 5.69. The van der Waals surface area contributed by atoms with E-state index < -0.39 is 5.97 Å². The number of morpholine rings is 1. The number of ether oxygens (including phenoxy) is 1. The zero-order chi connectivity index (χ0) is 15.2. The third-order valence-electron chi connectivity index (χ3n) is 3.67. The number of benzene rings is 1. The lowest BCUT2D eigenvalue weighted by Gasteiger charge is -2.27. The number of aliphatic carboxylic acids is 1. The van der Waals surface area contributed by atoms with Gasteiger partial charge in [0.15, 0.2) is 0 Å². The minimum Gasteiger partial charge on any atom is -0.481 e. The molecule has 1 aromatic rings. The predicted molar refractivity (Wildman–Crippen MR) is 81.3 cm³/mol. The number of carboxylic acid groups (broad SMARTS) is 1. The lowest BCUT2D eigenvalue weighted by Crippen LogP contribution is -2.35. The van der Waals surface area contributed by atoms with Crippen LogP contribution < -0.4 is 5.73 Å². The van der Waals surface area contributed by atoms with E-state index >= 15 is 0 Å². The summed E-state index contributed by atoms with van der Waals surface area (Å²) in [5, 5.41) is 9.38. The van der Waals surface area contributed by atoms with Crippen molar-refractivity contribution in [1.82, 2.24) is 4.90 Å². The maximum atomic E-state index is 10.6. The molecule has 1 saturated heterocycles. The van der Waals surface area contributed by atoms with Crippen LogP contribution >= 0.6 is 11.6 Å². The lowest BCUT2D eigenvalue weighted by atomic mass is 10.0. The van der Waals surface area contributed by atoms with Crippen molar-refractivity contribution in [2.24, 2.45) is 5.73 Å². The first-order valence-electron chi connectivity index (χ1n) is 7.12. The van der Waals surface area contributed by atoms with E-state index in [0.717, 1.165) is 44.0 Å². The van der Waals surface area contributed by atoms with Gasteiger partial charge in [-0.2, -0.15) is 0 Å². The molecule has 116 valence electrons. The number of nitrogens with zero attached hydrogens (tertiary/aromatic N) is 1. The molecule has 1 heterocycles. The summed E-state index contributed by atoms with van der Waals surface area (Å²) >= 11 is 6.33. The number of halogens is 1. The van der Waals surface area contributed by atoms with Crippen LogP contribution in [0.25, 0.3) is 0 Å². The maximum Gasteiger partial charge on any atom is 0.303 e. The van der Waals surface area contributed by atoms with E-state index in [9.17, 15) is 4.79 Å². The summed E-state index contributed by atoms with van der Waals surface area (Å²) in [6, 6.07) is 5.47. The van der Waals surface area contributed by atoms with Crippen molar-refractivity contribution in [2.45, 2.75) is 25.4 Å². The third-order valence-corrected chi connectivity index (χ3v) is 4.02. The highest BCUT2D eigenvalue weighted by Crippen LogP contribution is 2.24. The molecule has 5 nitrogen and oxygen atoms in total. The number of hydrogen-bond acceptors (Lipinski definition) is 4. The van der Waals surface area contributed by atoms with Crippen molar-refractivity contribution in [3.8, 4) is 0 Å². The van der Waals surface area contributed by atoms with Gasteiger partial charge in [-0.25, -0.2) is 0 Å². The van der Waals surface area contributed by atoms with Crippen molar-refractivity contribution in [3.63, 3.8) is 0 Å². The molecule has 0 saturated carbocycles. The van der Waals surface area contributed by atoms with E-state index in [1.807, 2.05) is 18.2 Å². The van der Waals surface area contributed by atoms with Gasteiger partial charge in [-0.1, -0.05) is 23.7 Å². The number of hydrogen-bond donors (Lipinski definition) is 2. The summed E-state index contributed by atoms with van der Waals surface area (Å²) in [4.78, 5) is 12.9.